The van der Waals surface area contributed by atoms with E-state index in [4.69, 9.17) is 14.2 Å². The van der Waals surface area contributed by atoms with Crippen LogP contribution in [0.4, 0.5) is 5.82 Å². The average Bonchev–Trinajstić information content (AvgIpc) is 2.48. The van der Waals surface area contributed by atoms with Gasteiger partial charge in [-0.3, -0.25) is 0 Å². The van der Waals surface area contributed by atoms with Crippen LogP contribution in [0.15, 0.2) is 12.4 Å². The van der Waals surface area contributed by atoms with Crippen molar-refractivity contribution in [1.82, 2.24) is 9.97 Å². The van der Waals surface area contributed by atoms with Crippen molar-refractivity contribution in [2.45, 2.75) is 26.2 Å². The Morgan fingerprint density at radius 2 is 2.00 bits per heavy atom. The van der Waals surface area contributed by atoms with E-state index in [-0.39, 0.29) is 0 Å². The molecule has 0 spiro atoms. The minimum absolute atomic E-state index is 0.618. The molecule has 0 aliphatic rings. The molecule has 0 radical (unpaired) electrons. The van der Waals surface area contributed by atoms with Gasteiger partial charge in [0.1, 0.15) is 12.1 Å². The summed E-state index contributed by atoms with van der Waals surface area (Å²) in [4.78, 5) is 8.21. The van der Waals surface area contributed by atoms with Crippen LogP contribution in [0.1, 0.15) is 26.2 Å². The smallest absolute Gasteiger partial charge is 0.218 e. The summed E-state index contributed by atoms with van der Waals surface area (Å²) < 4.78 is 15.7. The molecule has 1 rings (SSSR count). The van der Waals surface area contributed by atoms with E-state index in [1.165, 1.54) is 6.33 Å². The number of hydrogen-bond donors (Lipinski definition) is 1. The summed E-state index contributed by atoms with van der Waals surface area (Å²) in [6.07, 6.45) is 4.53. The Labute approximate surface area is 120 Å². The molecule has 0 bridgehead atoms. The molecule has 0 fully saturated rings. The van der Waals surface area contributed by atoms with Crippen molar-refractivity contribution in [3.05, 3.63) is 12.4 Å². The maximum Gasteiger partial charge on any atom is 0.218 e. The van der Waals surface area contributed by atoms with Crippen LogP contribution < -0.4 is 10.1 Å². The number of rotatable bonds is 12. The minimum atomic E-state index is 0.618. The van der Waals surface area contributed by atoms with E-state index in [0.29, 0.717) is 25.7 Å². The van der Waals surface area contributed by atoms with Gasteiger partial charge in [0.05, 0.1) is 19.8 Å². The van der Waals surface area contributed by atoms with Gasteiger partial charge < -0.3 is 19.5 Å². The topological polar surface area (TPSA) is 65.5 Å². The van der Waals surface area contributed by atoms with Gasteiger partial charge in [-0.2, -0.15) is 0 Å². The highest BCUT2D eigenvalue weighted by atomic mass is 16.5. The maximum absolute atomic E-state index is 5.46. The third kappa shape index (κ3) is 7.91. The molecule has 1 heterocycles. The number of hydrogen-bond acceptors (Lipinski definition) is 6. The van der Waals surface area contributed by atoms with E-state index < -0.39 is 0 Å². The molecule has 114 valence electrons. The van der Waals surface area contributed by atoms with Crippen molar-refractivity contribution < 1.29 is 14.2 Å². The number of ether oxygens (including phenoxy) is 3. The molecule has 6 heteroatoms. The molecule has 0 saturated carbocycles. The predicted octanol–water partition coefficient (Wildman–Crippen LogP) is 2.12. The first-order chi connectivity index (χ1) is 9.86. The van der Waals surface area contributed by atoms with Crippen LogP contribution in [0, 0.1) is 0 Å². The zero-order valence-corrected chi connectivity index (χ0v) is 12.4. The lowest BCUT2D eigenvalue weighted by Gasteiger charge is -2.08. The van der Waals surface area contributed by atoms with Crippen LogP contribution in [0.2, 0.25) is 0 Å². The molecule has 1 aromatic rings. The molecule has 0 aromatic carbocycles. The molecule has 0 saturated heterocycles. The monoisotopic (exact) mass is 283 g/mol. The molecule has 20 heavy (non-hydrogen) atoms. The zero-order chi connectivity index (χ0) is 14.5. The third-order valence-corrected chi connectivity index (χ3v) is 2.55. The Balaban J connectivity index is 2.09. The maximum atomic E-state index is 5.46. The SMILES string of the molecule is CCCOc1cc(NCCCCOCCOC)ncn1. The van der Waals surface area contributed by atoms with Gasteiger partial charge in [0.15, 0.2) is 0 Å². The summed E-state index contributed by atoms with van der Waals surface area (Å²) in [5.41, 5.74) is 0. The Morgan fingerprint density at radius 1 is 1.10 bits per heavy atom. The minimum Gasteiger partial charge on any atom is -0.478 e. The van der Waals surface area contributed by atoms with Gasteiger partial charge in [0.25, 0.3) is 0 Å². The van der Waals surface area contributed by atoms with E-state index in [0.717, 1.165) is 38.2 Å². The van der Waals surface area contributed by atoms with Crippen LogP contribution in [-0.4, -0.2) is 50.1 Å². The lowest BCUT2D eigenvalue weighted by molar-refractivity contribution is 0.0691. The van der Waals surface area contributed by atoms with Gasteiger partial charge in [0.2, 0.25) is 5.88 Å². The summed E-state index contributed by atoms with van der Waals surface area (Å²) in [6, 6.07) is 1.82. The highest BCUT2D eigenvalue weighted by Crippen LogP contribution is 2.11. The Morgan fingerprint density at radius 3 is 2.80 bits per heavy atom. The Bertz CT molecular complexity index is 350. The summed E-state index contributed by atoms with van der Waals surface area (Å²) in [5, 5.41) is 3.25. The third-order valence-electron chi connectivity index (χ3n) is 2.55. The van der Waals surface area contributed by atoms with E-state index in [2.05, 4.69) is 22.2 Å². The summed E-state index contributed by atoms with van der Waals surface area (Å²) in [7, 11) is 1.67. The van der Waals surface area contributed by atoms with Crippen molar-refractivity contribution >= 4 is 5.82 Å². The fraction of sp³-hybridized carbons (Fsp3) is 0.714. The quantitative estimate of drug-likeness (QED) is 0.593. The molecule has 1 N–H and O–H groups in total. The summed E-state index contributed by atoms with van der Waals surface area (Å²) >= 11 is 0. The summed E-state index contributed by atoms with van der Waals surface area (Å²) in [5.74, 6) is 1.42. The van der Waals surface area contributed by atoms with Gasteiger partial charge in [0, 0.05) is 26.3 Å². The van der Waals surface area contributed by atoms with Gasteiger partial charge in [-0.25, -0.2) is 9.97 Å². The summed E-state index contributed by atoms with van der Waals surface area (Å²) in [6.45, 7) is 5.68. The second kappa shape index (κ2) is 11.4. The van der Waals surface area contributed by atoms with Gasteiger partial charge in [-0.1, -0.05) is 6.92 Å². The molecule has 0 amide bonds. The highest BCUT2D eigenvalue weighted by molar-refractivity contribution is 5.36. The number of nitrogens with one attached hydrogen (secondary N) is 1. The van der Waals surface area contributed by atoms with Crippen molar-refractivity contribution in [3.8, 4) is 5.88 Å². The lowest BCUT2D eigenvalue weighted by atomic mass is 10.3. The van der Waals surface area contributed by atoms with Crippen LogP contribution in [-0.2, 0) is 9.47 Å². The Kier molecular flexibility index (Phi) is 9.52. The molecular weight excluding hydrogens is 258 g/mol. The zero-order valence-electron chi connectivity index (χ0n) is 12.4. The number of methoxy groups -OCH3 is 1. The normalized spacial score (nSPS) is 10.5. The average molecular weight is 283 g/mol. The van der Waals surface area contributed by atoms with Crippen LogP contribution in [0.5, 0.6) is 5.88 Å². The number of nitrogens with zero attached hydrogens (tertiary/aromatic N) is 2. The van der Waals surface area contributed by atoms with E-state index in [1.54, 1.807) is 7.11 Å². The first kappa shape index (κ1) is 16.7. The molecule has 0 aliphatic heterocycles. The van der Waals surface area contributed by atoms with Crippen molar-refractivity contribution in [2.75, 3.05) is 45.4 Å². The lowest BCUT2D eigenvalue weighted by Crippen LogP contribution is -2.07. The molecule has 0 aliphatic carbocycles. The van der Waals surface area contributed by atoms with E-state index in [1.807, 2.05) is 6.07 Å². The fourth-order valence-electron chi connectivity index (χ4n) is 1.51. The number of anilines is 1. The standard InChI is InChI=1S/C14H25N3O3/c1-3-7-20-14-11-13(16-12-17-14)15-6-4-5-8-19-10-9-18-2/h11-12H,3-10H2,1-2H3,(H,15,16,17). The van der Waals surface area contributed by atoms with E-state index in [9.17, 15) is 0 Å². The molecule has 0 unspecified atom stereocenters. The highest BCUT2D eigenvalue weighted by Gasteiger charge is 1.99. The molecule has 0 atom stereocenters. The predicted molar refractivity (Wildman–Crippen MR) is 78.2 cm³/mol. The first-order valence-corrected chi connectivity index (χ1v) is 7.12. The Hall–Kier alpha value is -1.40. The largest absolute Gasteiger partial charge is 0.478 e. The van der Waals surface area contributed by atoms with Crippen LogP contribution in [0.25, 0.3) is 0 Å². The number of unbranched alkanes of at least 4 members (excludes halogenated alkanes) is 1. The van der Waals surface area contributed by atoms with Gasteiger partial charge in [-0.15, -0.1) is 0 Å². The fourth-order valence-corrected chi connectivity index (χ4v) is 1.51. The molecule has 6 nitrogen and oxygen atoms in total. The van der Waals surface area contributed by atoms with Gasteiger partial charge >= 0.3 is 0 Å². The van der Waals surface area contributed by atoms with Gasteiger partial charge in [-0.05, 0) is 19.3 Å². The first-order valence-electron chi connectivity index (χ1n) is 7.12. The molecule has 1 aromatic heterocycles. The van der Waals surface area contributed by atoms with Crippen molar-refractivity contribution in [1.29, 1.82) is 0 Å². The van der Waals surface area contributed by atoms with Crippen molar-refractivity contribution in [3.63, 3.8) is 0 Å². The van der Waals surface area contributed by atoms with Crippen molar-refractivity contribution in [2.24, 2.45) is 0 Å². The second-order valence-corrected chi connectivity index (χ2v) is 4.33. The number of aromatic nitrogens is 2. The van der Waals surface area contributed by atoms with E-state index >= 15 is 0 Å². The second-order valence-electron chi connectivity index (χ2n) is 4.33. The molecular formula is C14H25N3O3. The van der Waals surface area contributed by atoms with Crippen LogP contribution in [0.3, 0.4) is 0 Å². The van der Waals surface area contributed by atoms with Crippen LogP contribution >= 0.6 is 0 Å².